The Hall–Kier alpha value is -1.23. The smallest absolute Gasteiger partial charge is 0.225 e. The Morgan fingerprint density at radius 1 is 1.38 bits per heavy atom. The number of aliphatic hydroxyl groups excluding tert-OH is 1. The summed E-state index contributed by atoms with van der Waals surface area (Å²) in [5.74, 6) is -2.86. The number of rotatable bonds is 2. The molecule has 0 saturated carbocycles. The Morgan fingerprint density at radius 3 is 2.46 bits per heavy atom. The normalized spacial score (nSPS) is 12.7. The number of hydrogen-bond acceptors (Lipinski definition) is 2. The van der Waals surface area contributed by atoms with E-state index in [1.807, 2.05) is 0 Å². The second-order valence-corrected chi connectivity index (χ2v) is 2.32. The van der Waals surface area contributed by atoms with Crippen molar-refractivity contribution >= 4 is 0 Å². The van der Waals surface area contributed by atoms with E-state index in [4.69, 9.17) is 5.11 Å². The molecule has 1 atom stereocenters. The van der Waals surface area contributed by atoms with Crippen LogP contribution in [0.2, 0.25) is 0 Å². The summed E-state index contributed by atoms with van der Waals surface area (Å²) in [6.07, 6.45) is -2.48. The number of hydrogen-bond donors (Lipinski definition) is 1. The molecule has 0 bridgehead atoms. The molecule has 0 aromatic heterocycles. The van der Waals surface area contributed by atoms with E-state index in [0.29, 0.717) is 0 Å². The van der Waals surface area contributed by atoms with E-state index in [0.717, 1.165) is 19.2 Å². The molecule has 0 aliphatic carbocycles. The van der Waals surface area contributed by atoms with Crippen LogP contribution in [-0.2, 0) is 0 Å². The van der Waals surface area contributed by atoms with Crippen molar-refractivity contribution in [1.82, 2.24) is 0 Å². The highest BCUT2D eigenvalue weighted by atomic mass is 19.2. The lowest BCUT2D eigenvalue weighted by molar-refractivity contribution is 0.0373. The molecular formula is C8H7F3O2. The van der Waals surface area contributed by atoms with Gasteiger partial charge in [-0.25, -0.2) is 13.2 Å². The van der Waals surface area contributed by atoms with Crippen LogP contribution in [0.1, 0.15) is 11.9 Å². The minimum absolute atomic E-state index is 0.641. The predicted molar refractivity (Wildman–Crippen MR) is 39.0 cm³/mol. The fourth-order valence-electron chi connectivity index (χ4n) is 0.919. The number of ether oxygens (including phenoxy) is 1. The second kappa shape index (κ2) is 3.66. The first-order chi connectivity index (χ1) is 6.07. The summed E-state index contributed by atoms with van der Waals surface area (Å²) >= 11 is 0. The molecular weight excluding hydrogens is 185 g/mol. The summed E-state index contributed by atoms with van der Waals surface area (Å²) in [6, 6.07) is 1.64. The van der Waals surface area contributed by atoms with Crippen LogP contribution in [0.3, 0.4) is 0 Å². The van der Waals surface area contributed by atoms with Gasteiger partial charge in [0.2, 0.25) is 6.36 Å². The zero-order valence-electron chi connectivity index (χ0n) is 6.72. The Kier molecular flexibility index (Phi) is 2.77. The molecule has 0 spiro atoms. The summed E-state index contributed by atoms with van der Waals surface area (Å²) in [6.45, 7) is 0. The lowest BCUT2D eigenvalue weighted by Gasteiger charge is -2.07. The van der Waals surface area contributed by atoms with Gasteiger partial charge < -0.3 is 9.84 Å². The van der Waals surface area contributed by atoms with Crippen LogP contribution in [-0.4, -0.2) is 12.2 Å². The van der Waals surface area contributed by atoms with Crippen LogP contribution in [0.4, 0.5) is 13.2 Å². The van der Waals surface area contributed by atoms with Crippen LogP contribution in [0, 0.1) is 11.6 Å². The maximum Gasteiger partial charge on any atom is 0.225 e. The van der Waals surface area contributed by atoms with Crippen molar-refractivity contribution in [3.05, 3.63) is 29.3 Å². The number of methoxy groups -OCH3 is 1. The van der Waals surface area contributed by atoms with E-state index in [9.17, 15) is 13.2 Å². The minimum atomic E-state index is -2.48. The van der Waals surface area contributed by atoms with Gasteiger partial charge in [0.25, 0.3) is 0 Å². The molecule has 1 aromatic carbocycles. The third-order valence-electron chi connectivity index (χ3n) is 1.54. The second-order valence-electron chi connectivity index (χ2n) is 2.32. The zero-order valence-corrected chi connectivity index (χ0v) is 6.72. The molecule has 0 saturated heterocycles. The van der Waals surface area contributed by atoms with Crippen molar-refractivity contribution in [3.63, 3.8) is 0 Å². The first-order valence-electron chi connectivity index (χ1n) is 3.42. The Labute approximate surface area is 72.6 Å². The molecule has 1 aromatic rings. The third-order valence-corrected chi connectivity index (χ3v) is 1.54. The van der Waals surface area contributed by atoms with E-state index < -0.39 is 29.3 Å². The van der Waals surface area contributed by atoms with Gasteiger partial charge in [0.05, 0.1) is 12.7 Å². The standard InChI is InChI=1S/C8H7F3O2/c1-13-7-5(9)3-2-4(6(7)10)8(11)12/h2-3,8,12H,1H3. The fraction of sp³-hybridized carbons (Fsp3) is 0.250. The van der Waals surface area contributed by atoms with E-state index in [-0.39, 0.29) is 0 Å². The number of aliphatic hydroxyl groups is 1. The molecule has 0 radical (unpaired) electrons. The average molecular weight is 192 g/mol. The van der Waals surface area contributed by atoms with Gasteiger partial charge in [-0.05, 0) is 12.1 Å². The highest BCUT2D eigenvalue weighted by molar-refractivity contribution is 5.33. The zero-order chi connectivity index (χ0) is 10.0. The monoisotopic (exact) mass is 192 g/mol. The van der Waals surface area contributed by atoms with E-state index >= 15 is 0 Å². The Bertz CT molecular complexity index is 313. The van der Waals surface area contributed by atoms with Crippen molar-refractivity contribution < 1.29 is 23.0 Å². The van der Waals surface area contributed by atoms with Gasteiger partial charge in [0, 0.05) is 0 Å². The van der Waals surface area contributed by atoms with Crippen LogP contribution >= 0.6 is 0 Å². The molecule has 0 aliphatic heterocycles. The molecule has 1 N–H and O–H groups in total. The van der Waals surface area contributed by atoms with Crippen molar-refractivity contribution in [3.8, 4) is 5.75 Å². The van der Waals surface area contributed by atoms with Gasteiger partial charge in [-0.15, -0.1) is 0 Å². The fourth-order valence-corrected chi connectivity index (χ4v) is 0.919. The molecule has 0 fully saturated rings. The van der Waals surface area contributed by atoms with Gasteiger partial charge in [-0.2, -0.15) is 0 Å². The molecule has 0 heterocycles. The average Bonchev–Trinajstić information content (AvgIpc) is 2.04. The van der Waals surface area contributed by atoms with Crippen LogP contribution in [0.25, 0.3) is 0 Å². The van der Waals surface area contributed by atoms with Crippen LogP contribution < -0.4 is 4.74 Å². The maximum absolute atomic E-state index is 13.0. The molecule has 72 valence electrons. The number of benzene rings is 1. The molecule has 0 aliphatic rings. The first kappa shape index (κ1) is 9.85. The summed E-state index contributed by atoms with van der Waals surface area (Å²) in [7, 11) is 1.05. The maximum atomic E-state index is 13.0. The predicted octanol–water partition coefficient (Wildman–Crippen LogP) is 1.93. The highest BCUT2D eigenvalue weighted by Crippen LogP contribution is 2.28. The van der Waals surface area contributed by atoms with E-state index in [1.54, 1.807) is 0 Å². The number of alkyl halides is 1. The summed E-state index contributed by atoms with van der Waals surface area (Å²) in [4.78, 5) is 0. The van der Waals surface area contributed by atoms with Gasteiger partial charge in [0.1, 0.15) is 0 Å². The largest absolute Gasteiger partial charge is 0.491 e. The molecule has 2 nitrogen and oxygen atoms in total. The quantitative estimate of drug-likeness (QED) is 0.775. The number of halogens is 3. The summed E-state index contributed by atoms with van der Waals surface area (Å²) in [5, 5.41) is 8.43. The van der Waals surface area contributed by atoms with Crippen molar-refractivity contribution in [2.45, 2.75) is 6.36 Å². The van der Waals surface area contributed by atoms with Crippen LogP contribution in [0.15, 0.2) is 12.1 Å². The van der Waals surface area contributed by atoms with Crippen molar-refractivity contribution in [2.24, 2.45) is 0 Å². The lowest BCUT2D eigenvalue weighted by Crippen LogP contribution is -2.00. The molecule has 5 heteroatoms. The van der Waals surface area contributed by atoms with Crippen molar-refractivity contribution in [2.75, 3.05) is 7.11 Å². The molecule has 0 amide bonds. The van der Waals surface area contributed by atoms with Gasteiger partial charge in [-0.1, -0.05) is 0 Å². The molecule has 1 unspecified atom stereocenters. The Balaban J connectivity index is 3.27. The molecule has 13 heavy (non-hydrogen) atoms. The van der Waals surface area contributed by atoms with E-state index in [2.05, 4.69) is 4.74 Å². The van der Waals surface area contributed by atoms with Gasteiger partial charge >= 0.3 is 0 Å². The van der Waals surface area contributed by atoms with E-state index in [1.165, 1.54) is 0 Å². The summed E-state index contributed by atoms with van der Waals surface area (Å²) in [5.41, 5.74) is -0.641. The highest BCUT2D eigenvalue weighted by Gasteiger charge is 2.18. The summed E-state index contributed by atoms with van der Waals surface area (Å²) < 4.78 is 42.4. The SMILES string of the molecule is COc1c(F)ccc(C(O)F)c1F. The molecule has 1 rings (SSSR count). The topological polar surface area (TPSA) is 29.5 Å². The van der Waals surface area contributed by atoms with Crippen molar-refractivity contribution in [1.29, 1.82) is 0 Å². The van der Waals surface area contributed by atoms with Gasteiger partial charge in [-0.3, -0.25) is 0 Å². The lowest BCUT2D eigenvalue weighted by atomic mass is 10.2. The minimum Gasteiger partial charge on any atom is -0.491 e. The Morgan fingerprint density at radius 2 is 2.00 bits per heavy atom. The van der Waals surface area contributed by atoms with Crippen LogP contribution in [0.5, 0.6) is 5.75 Å². The third kappa shape index (κ3) is 1.75. The first-order valence-corrected chi connectivity index (χ1v) is 3.42. The van der Waals surface area contributed by atoms with Gasteiger partial charge in [0.15, 0.2) is 17.4 Å².